The fourth-order valence-electron chi connectivity index (χ4n) is 3.61. The van der Waals surface area contributed by atoms with Crippen molar-refractivity contribution in [3.05, 3.63) is 35.4 Å². The predicted octanol–water partition coefficient (Wildman–Crippen LogP) is 2.58. The lowest BCUT2D eigenvalue weighted by Crippen LogP contribution is -2.48. The molecule has 23 heavy (non-hydrogen) atoms. The van der Waals surface area contributed by atoms with Gasteiger partial charge in [-0.25, -0.2) is 0 Å². The SMILES string of the molecule is Cc1ccc(C(N)C(=O)NC2CCN3CCCCC23)cc1.Cl.Cl. The summed E-state index contributed by atoms with van der Waals surface area (Å²) in [5, 5.41) is 3.19. The Kier molecular flexibility index (Phi) is 7.81. The molecule has 130 valence electrons. The second-order valence-corrected chi connectivity index (χ2v) is 6.39. The molecule has 0 radical (unpaired) electrons. The van der Waals surface area contributed by atoms with Gasteiger partial charge in [0.25, 0.3) is 0 Å². The fourth-order valence-corrected chi connectivity index (χ4v) is 3.61. The second kappa shape index (κ2) is 8.88. The second-order valence-electron chi connectivity index (χ2n) is 6.39. The normalized spacial score (nSPS) is 24.8. The number of piperidine rings is 1. The number of benzene rings is 1. The van der Waals surface area contributed by atoms with Crippen LogP contribution >= 0.6 is 24.8 Å². The molecule has 0 spiro atoms. The molecule has 0 aliphatic carbocycles. The number of carbonyl (C=O) groups excluding carboxylic acids is 1. The molecule has 0 saturated carbocycles. The fraction of sp³-hybridized carbons (Fsp3) is 0.588. The van der Waals surface area contributed by atoms with Crippen LogP contribution in [0.25, 0.3) is 0 Å². The topological polar surface area (TPSA) is 58.4 Å². The van der Waals surface area contributed by atoms with Crippen LogP contribution in [-0.4, -0.2) is 36.0 Å². The maximum absolute atomic E-state index is 12.4. The van der Waals surface area contributed by atoms with Crippen molar-refractivity contribution in [2.24, 2.45) is 5.73 Å². The molecule has 2 aliphatic heterocycles. The summed E-state index contributed by atoms with van der Waals surface area (Å²) in [4.78, 5) is 14.9. The van der Waals surface area contributed by atoms with Gasteiger partial charge >= 0.3 is 0 Å². The van der Waals surface area contributed by atoms with Crippen molar-refractivity contribution in [2.45, 2.75) is 50.7 Å². The lowest BCUT2D eigenvalue weighted by molar-refractivity contribution is -0.123. The van der Waals surface area contributed by atoms with E-state index in [0.29, 0.717) is 6.04 Å². The number of carbonyl (C=O) groups is 1. The van der Waals surface area contributed by atoms with Crippen LogP contribution in [0.4, 0.5) is 0 Å². The van der Waals surface area contributed by atoms with Crippen molar-refractivity contribution in [2.75, 3.05) is 13.1 Å². The molecule has 3 rings (SSSR count). The van der Waals surface area contributed by atoms with Gasteiger partial charge in [0.05, 0.1) is 0 Å². The zero-order valence-electron chi connectivity index (χ0n) is 13.5. The van der Waals surface area contributed by atoms with E-state index in [1.807, 2.05) is 31.2 Å². The Bertz CT molecular complexity index is 509. The maximum atomic E-state index is 12.4. The first-order valence-electron chi connectivity index (χ1n) is 8.02. The van der Waals surface area contributed by atoms with Crippen LogP contribution in [0.2, 0.25) is 0 Å². The highest BCUT2D eigenvalue weighted by Crippen LogP contribution is 2.27. The Labute approximate surface area is 151 Å². The molecule has 6 heteroatoms. The Morgan fingerprint density at radius 1 is 1.17 bits per heavy atom. The third-order valence-corrected chi connectivity index (χ3v) is 4.90. The van der Waals surface area contributed by atoms with Crippen molar-refractivity contribution in [1.29, 1.82) is 0 Å². The molecule has 2 aliphatic rings. The summed E-state index contributed by atoms with van der Waals surface area (Å²) >= 11 is 0. The standard InChI is InChI=1S/C17H25N3O.2ClH/c1-12-5-7-13(8-6-12)16(18)17(21)19-14-9-11-20-10-3-2-4-15(14)20;;/h5-8,14-16H,2-4,9-11,18H2,1H3,(H,19,21);2*1H. The summed E-state index contributed by atoms with van der Waals surface area (Å²) in [6.07, 6.45) is 4.82. The molecule has 0 bridgehead atoms. The largest absolute Gasteiger partial charge is 0.350 e. The minimum Gasteiger partial charge on any atom is -0.350 e. The zero-order chi connectivity index (χ0) is 14.8. The van der Waals surface area contributed by atoms with E-state index in [4.69, 9.17) is 5.73 Å². The van der Waals surface area contributed by atoms with Crippen molar-refractivity contribution >= 4 is 30.7 Å². The number of nitrogens with two attached hydrogens (primary N) is 1. The highest BCUT2D eigenvalue weighted by Gasteiger charge is 2.36. The van der Waals surface area contributed by atoms with Crippen LogP contribution in [-0.2, 0) is 4.79 Å². The van der Waals surface area contributed by atoms with Gasteiger partial charge in [-0.2, -0.15) is 0 Å². The van der Waals surface area contributed by atoms with Gasteiger partial charge in [-0.1, -0.05) is 36.2 Å². The molecule has 2 saturated heterocycles. The van der Waals surface area contributed by atoms with Crippen molar-refractivity contribution in [3.8, 4) is 0 Å². The van der Waals surface area contributed by atoms with E-state index < -0.39 is 6.04 Å². The van der Waals surface area contributed by atoms with E-state index in [1.54, 1.807) is 0 Å². The number of nitrogens with zero attached hydrogens (tertiary/aromatic N) is 1. The molecule has 0 aromatic heterocycles. The molecule has 1 aromatic rings. The smallest absolute Gasteiger partial charge is 0.241 e. The van der Waals surface area contributed by atoms with Crippen LogP contribution in [0.3, 0.4) is 0 Å². The number of amides is 1. The Hall–Kier alpha value is -0.810. The van der Waals surface area contributed by atoms with E-state index in [0.717, 1.165) is 18.5 Å². The van der Waals surface area contributed by atoms with E-state index in [2.05, 4.69) is 10.2 Å². The van der Waals surface area contributed by atoms with Gasteiger partial charge in [-0.3, -0.25) is 9.69 Å². The molecule has 3 N–H and O–H groups in total. The number of rotatable bonds is 3. The van der Waals surface area contributed by atoms with Gasteiger partial charge in [-0.05, 0) is 38.3 Å². The van der Waals surface area contributed by atoms with Crippen LogP contribution in [0.5, 0.6) is 0 Å². The van der Waals surface area contributed by atoms with Crippen LogP contribution in [0.15, 0.2) is 24.3 Å². The third-order valence-electron chi connectivity index (χ3n) is 4.90. The van der Waals surface area contributed by atoms with E-state index in [1.165, 1.54) is 31.4 Å². The Balaban J connectivity index is 0.00000132. The first-order chi connectivity index (χ1) is 10.1. The molecular weight excluding hydrogens is 333 g/mol. The third kappa shape index (κ3) is 4.60. The number of hydrogen-bond donors (Lipinski definition) is 2. The van der Waals surface area contributed by atoms with Gasteiger partial charge in [0.15, 0.2) is 0 Å². The average molecular weight is 360 g/mol. The van der Waals surface area contributed by atoms with E-state index in [9.17, 15) is 4.79 Å². The average Bonchev–Trinajstić information content (AvgIpc) is 2.91. The number of hydrogen-bond acceptors (Lipinski definition) is 3. The van der Waals surface area contributed by atoms with Gasteiger partial charge < -0.3 is 11.1 Å². The molecule has 3 unspecified atom stereocenters. The molecule has 1 aromatic carbocycles. The number of fused-ring (bicyclic) bond motifs is 1. The highest BCUT2D eigenvalue weighted by atomic mass is 35.5. The molecule has 3 atom stereocenters. The van der Waals surface area contributed by atoms with Gasteiger partial charge in [0.2, 0.25) is 5.91 Å². The van der Waals surface area contributed by atoms with E-state index >= 15 is 0 Å². The van der Waals surface area contributed by atoms with Crippen molar-refractivity contribution in [3.63, 3.8) is 0 Å². The number of halogens is 2. The number of nitrogens with one attached hydrogen (secondary N) is 1. The first kappa shape index (κ1) is 20.2. The summed E-state index contributed by atoms with van der Waals surface area (Å²) in [5.41, 5.74) is 8.18. The summed E-state index contributed by atoms with van der Waals surface area (Å²) in [6.45, 7) is 4.32. The molecule has 2 heterocycles. The lowest BCUT2D eigenvalue weighted by Gasteiger charge is -2.32. The van der Waals surface area contributed by atoms with Gasteiger partial charge in [0.1, 0.15) is 6.04 Å². The minimum absolute atomic E-state index is 0. The monoisotopic (exact) mass is 359 g/mol. The Morgan fingerprint density at radius 3 is 2.57 bits per heavy atom. The molecule has 4 nitrogen and oxygen atoms in total. The summed E-state index contributed by atoms with van der Waals surface area (Å²) < 4.78 is 0. The van der Waals surface area contributed by atoms with Gasteiger partial charge in [-0.15, -0.1) is 24.8 Å². The predicted molar refractivity (Wildman–Crippen MR) is 98.4 cm³/mol. The summed E-state index contributed by atoms with van der Waals surface area (Å²) in [6, 6.07) is 8.12. The maximum Gasteiger partial charge on any atom is 0.241 e. The quantitative estimate of drug-likeness (QED) is 0.871. The lowest BCUT2D eigenvalue weighted by atomic mass is 9.98. The van der Waals surface area contributed by atoms with Crippen molar-refractivity contribution in [1.82, 2.24) is 10.2 Å². The van der Waals surface area contributed by atoms with Crippen LogP contribution in [0, 0.1) is 6.92 Å². The number of aryl methyl sites for hydroxylation is 1. The van der Waals surface area contributed by atoms with Crippen LogP contribution < -0.4 is 11.1 Å². The molecule has 1 amide bonds. The van der Waals surface area contributed by atoms with Crippen molar-refractivity contribution < 1.29 is 4.79 Å². The Morgan fingerprint density at radius 2 is 1.87 bits per heavy atom. The summed E-state index contributed by atoms with van der Waals surface area (Å²) in [5.74, 6) is -0.0451. The first-order valence-corrected chi connectivity index (χ1v) is 8.02. The van der Waals surface area contributed by atoms with Crippen LogP contribution in [0.1, 0.15) is 42.9 Å². The highest BCUT2D eigenvalue weighted by molar-refractivity contribution is 5.85. The minimum atomic E-state index is -0.566. The molecular formula is C17H27Cl2N3O. The summed E-state index contributed by atoms with van der Waals surface area (Å²) in [7, 11) is 0. The van der Waals surface area contributed by atoms with E-state index in [-0.39, 0.29) is 36.8 Å². The van der Waals surface area contributed by atoms with Gasteiger partial charge in [0, 0.05) is 18.6 Å². The zero-order valence-corrected chi connectivity index (χ0v) is 15.2. The molecule has 2 fully saturated rings.